The van der Waals surface area contributed by atoms with E-state index in [9.17, 15) is 0 Å². The van der Waals surface area contributed by atoms with Gasteiger partial charge < -0.3 is 14.6 Å². The maximum Gasteiger partial charge on any atom is 0.146 e. The standard InChI is InChI=1S/C20H28N4O/c1-24-19(22-23-20(24)17-8-5-9-17)13-21-18(12-15-10-11-25-14-15)16-6-3-2-4-7-16/h2-4,6-7,15,17-18,21H,5,8-14H2,1H3. The van der Waals surface area contributed by atoms with Gasteiger partial charge in [-0.1, -0.05) is 36.8 Å². The Morgan fingerprint density at radius 1 is 1.20 bits per heavy atom. The molecule has 2 atom stereocenters. The van der Waals surface area contributed by atoms with Crippen molar-refractivity contribution in [2.75, 3.05) is 13.2 Å². The van der Waals surface area contributed by atoms with E-state index >= 15 is 0 Å². The van der Waals surface area contributed by atoms with Gasteiger partial charge in [0.15, 0.2) is 0 Å². The zero-order valence-electron chi connectivity index (χ0n) is 15.0. The summed E-state index contributed by atoms with van der Waals surface area (Å²) in [6.07, 6.45) is 6.12. The zero-order chi connectivity index (χ0) is 17.1. The molecule has 1 N–H and O–H groups in total. The van der Waals surface area contributed by atoms with Gasteiger partial charge in [0.05, 0.1) is 6.54 Å². The van der Waals surface area contributed by atoms with E-state index < -0.39 is 0 Å². The van der Waals surface area contributed by atoms with Crippen molar-refractivity contribution in [2.45, 2.75) is 50.6 Å². The first-order valence-electron chi connectivity index (χ1n) is 9.55. The molecule has 0 spiro atoms. The first-order chi connectivity index (χ1) is 12.3. The second-order valence-corrected chi connectivity index (χ2v) is 7.47. The van der Waals surface area contributed by atoms with Gasteiger partial charge in [0.1, 0.15) is 11.6 Å². The van der Waals surface area contributed by atoms with E-state index in [-0.39, 0.29) is 0 Å². The number of nitrogens with zero attached hydrogens (tertiary/aromatic N) is 3. The molecule has 2 heterocycles. The second kappa shape index (κ2) is 7.67. The number of rotatable bonds is 7. The molecule has 25 heavy (non-hydrogen) atoms. The van der Waals surface area contributed by atoms with E-state index in [1.807, 2.05) is 0 Å². The minimum absolute atomic E-state index is 0.330. The second-order valence-electron chi connectivity index (χ2n) is 7.47. The molecule has 2 aliphatic rings. The van der Waals surface area contributed by atoms with Gasteiger partial charge in [0, 0.05) is 32.2 Å². The van der Waals surface area contributed by atoms with Crippen LogP contribution in [0.4, 0.5) is 0 Å². The van der Waals surface area contributed by atoms with Crippen LogP contribution in [-0.2, 0) is 18.3 Å². The molecule has 1 saturated carbocycles. The summed E-state index contributed by atoms with van der Waals surface area (Å²) in [5.41, 5.74) is 1.34. The fourth-order valence-electron chi connectivity index (χ4n) is 3.89. The molecular weight excluding hydrogens is 312 g/mol. The molecule has 4 rings (SSSR count). The molecule has 1 aromatic carbocycles. The summed E-state index contributed by atoms with van der Waals surface area (Å²) in [4.78, 5) is 0. The van der Waals surface area contributed by atoms with Crippen molar-refractivity contribution >= 4 is 0 Å². The van der Waals surface area contributed by atoms with E-state index in [0.717, 1.165) is 37.8 Å². The van der Waals surface area contributed by atoms with Gasteiger partial charge in [-0.15, -0.1) is 10.2 Å². The van der Waals surface area contributed by atoms with Crippen LogP contribution in [0.3, 0.4) is 0 Å². The average Bonchev–Trinajstić information content (AvgIpc) is 3.22. The predicted octanol–water partition coefficient (Wildman–Crippen LogP) is 3.34. The summed E-state index contributed by atoms with van der Waals surface area (Å²) in [6, 6.07) is 11.1. The minimum Gasteiger partial charge on any atom is -0.381 e. The van der Waals surface area contributed by atoms with Crippen LogP contribution < -0.4 is 5.32 Å². The van der Waals surface area contributed by atoms with Gasteiger partial charge in [-0.2, -0.15) is 0 Å². The third-order valence-electron chi connectivity index (χ3n) is 5.77. The van der Waals surface area contributed by atoms with Gasteiger partial charge in [0.25, 0.3) is 0 Å². The van der Waals surface area contributed by atoms with Crippen molar-refractivity contribution < 1.29 is 4.74 Å². The van der Waals surface area contributed by atoms with Crippen molar-refractivity contribution in [2.24, 2.45) is 13.0 Å². The van der Waals surface area contributed by atoms with Crippen LogP contribution in [0.2, 0.25) is 0 Å². The molecule has 2 aromatic rings. The Labute approximate surface area is 149 Å². The van der Waals surface area contributed by atoms with Gasteiger partial charge in [-0.05, 0) is 37.2 Å². The van der Waals surface area contributed by atoms with Gasteiger partial charge in [0.2, 0.25) is 0 Å². The molecule has 134 valence electrons. The highest BCUT2D eigenvalue weighted by molar-refractivity contribution is 5.19. The number of aromatic nitrogens is 3. The number of hydrogen-bond donors (Lipinski definition) is 1. The van der Waals surface area contributed by atoms with Crippen molar-refractivity contribution in [3.63, 3.8) is 0 Å². The molecule has 1 saturated heterocycles. The molecule has 1 aliphatic carbocycles. The normalized spacial score (nSPS) is 22.0. The predicted molar refractivity (Wildman–Crippen MR) is 97.2 cm³/mol. The van der Waals surface area contributed by atoms with E-state index in [1.54, 1.807) is 0 Å². The Hall–Kier alpha value is -1.72. The number of ether oxygens (including phenoxy) is 1. The lowest BCUT2D eigenvalue weighted by atomic mass is 9.85. The lowest BCUT2D eigenvalue weighted by molar-refractivity contribution is 0.181. The first-order valence-corrected chi connectivity index (χ1v) is 9.55. The summed E-state index contributed by atoms with van der Waals surface area (Å²) < 4.78 is 7.76. The average molecular weight is 340 g/mol. The highest BCUT2D eigenvalue weighted by Crippen LogP contribution is 2.35. The number of nitrogens with one attached hydrogen (secondary N) is 1. The maximum absolute atomic E-state index is 5.57. The molecule has 0 radical (unpaired) electrons. The largest absolute Gasteiger partial charge is 0.381 e. The van der Waals surface area contributed by atoms with Gasteiger partial charge >= 0.3 is 0 Å². The van der Waals surface area contributed by atoms with Crippen molar-refractivity contribution in [1.29, 1.82) is 0 Å². The van der Waals surface area contributed by atoms with Crippen LogP contribution in [-0.4, -0.2) is 28.0 Å². The smallest absolute Gasteiger partial charge is 0.146 e. The molecule has 2 fully saturated rings. The molecule has 2 unspecified atom stereocenters. The zero-order valence-corrected chi connectivity index (χ0v) is 15.0. The van der Waals surface area contributed by atoms with E-state index in [1.165, 1.54) is 31.2 Å². The third kappa shape index (κ3) is 3.77. The molecule has 5 nitrogen and oxygen atoms in total. The van der Waals surface area contributed by atoms with E-state index in [2.05, 4.69) is 57.5 Å². The SMILES string of the molecule is Cn1c(CNC(CC2CCOC2)c2ccccc2)nnc1C1CCC1. The Morgan fingerprint density at radius 2 is 2.04 bits per heavy atom. The lowest BCUT2D eigenvalue weighted by Crippen LogP contribution is -2.25. The summed E-state index contributed by atoms with van der Waals surface area (Å²) in [5.74, 6) is 3.45. The van der Waals surface area contributed by atoms with Crippen molar-refractivity contribution in [3.05, 3.63) is 47.5 Å². The van der Waals surface area contributed by atoms with Crippen LogP contribution in [0.25, 0.3) is 0 Å². The summed E-state index contributed by atoms with van der Waals surface area (Å²) in [7, 11) is 2.10. The molecule has 1 aliphatic heterocycles. The Bertz CT molecular complexity index is 674. The highest BCUT2D eigenvalue weighted by Gasteiger charge is 2.26. The molecule has 1 aromatic heterocycles. The van der Waals surface area contributed by atoms with Crippen molar-refractivity contribution in [3.8, 4) is 0 Å². The lowest BCUT2D eigenvalue weighted by Gasteiger charge is -2.24. The van der Waals surface area contributed by atoms with Crippen LogP contribution in [0.15, 0.2) is 30.3 Å². The fraction of sp³-hybridized carbons (Fsp3) is 0.600. The number of benzene rings is 1. The molecular formula is C20H28N4O. The van der Waals surface area contributed by atoms with Crippen molar-refractivity contribution in [1.82, 2.24) is 20.1 Å². The summed E-state index contributed by atoms with van der Waals surface area (Å²) in [6.45, 7) is 2.55. The first kappa shape index (κ1) is 16.7. The Kier molecular flexibility index (Phi) is 5.13. The maximum atomic E-state index is 5.57. The minimum atomic E-state index is 0.330. The molecule has 0 bridgehead atoms. The number of hydrogen-bond acceptors (Lipinski definition) is 4. The van der Waals surface area contributed by atoms with Crippen LogP contribution in [0.5, 0.6) is 0 Å². The molecule has 5 heteroatoms. The Morgan fingerprint density at radius 3 is 2.72 bits per heavy atom. The van der Waals surface area contributed by atoms with Crippen LogP contribution >= 0.6 is 0 Å². The topological polar surface area (TPSA) is 52.0 Å². The highest BCUT2D eigenvalue weighted by atomic mass is 16.5. The quantitative estimate of drug-likeness (QED) is 0.840. The monoisotopic (exact) mass is 340 g/mol. The summed E-state index contributed by atoms with van der Waals surface area (Å²) >= 11 is 0. The van der Waals surface area contributed by atoms with E-state index in [4.69, 9.17) is 4.74 Å². The van der Waals surface area contributed by atoms with Crippen LogP contribution in [0, 0.1) is 5.92 Å². The summed E-state index contributed by atoms with van der Waals surface area (Å²) in [5, 5.41) is 12.6. The third-order valence-corrected chi connectivity index (χ3v) is 5.77. The van der Waals surface area contributed by atoms with Gasteiger partial charge in [-0.25, -0.2) is 0 Å². The van der Waals surface area contributed by atoms with E-state index in [0.29, 0.717) is 17.9 Å². The fourth-order valence-corrected chi connectivity index (χ4v) is 3.89. The Balaban J connectivity index is 1.44. The van der Waals surface area contributed by atoms with Crippen LogP contribution in [0.1, 0.15) is 61.3 Å². The molecule has 0 amide bonds. The van der Waals surface area contributed by atoms with Gasteiger partial charge in [-0.3, -0.25) is 0 Å².